The molecule has 1 saturated heterocycles. The van der Waals surface area contributed by atoms with Crippen LogP contribution in [0.4, 0.5) is 5.69 Å². The average molecular weight is 329 g/mol. The fourth-order valence-corrected chi connectivity index (χ4v) is 3.64. The first kappa shape index (κ1) is 15.8. The van der Waals surface area contributed by atoms with Gasteiger partial charge in [-0.3, -0.25) is 9.59 Å². The second-order valence-corrected chi connectivity index (χ2v) is 6.64. The zero-order valence-corrected chi connectivity index (χ0v) is 13.9. The van der Waals surface area contributed by atoms with Gasteiger partial charge in [-0.1, -0.05) is 18.2 Å². The topological polar surface area (TPSA) is 61.8 Å². The number of carbonyl (C=O) groups excluding carboxylic acids is 2. The Morgan fingerprint density at radius 2 is 2.00 bits per heavy atom. The number of thioether (sulfide) groups is 1. The number of amidine groups is 1. The van der Waals surface area contributed by atoms with E-state index in [4.69, 9.17) is 0 Å². The molecule has 0 aliphatic carbocycles. The molecule has 1 N–H and O–H groups in total. The summed E-state index contributed by atoms with van der Waals surface area (Å²) in [5, 5.41) is 3.59. The number of carbonyl (C=O) groups is 2. The second kappa shape index (κ2) is 7.00. The number of likely N-dealkylation sites (tertiary alicyclic amines) is 1. The summed E-state index contributed by atoms with van der Waals surface area (Å²) in [6, 6.07) is 7.44. The molecule has 0 spiro atoms. The highest BCUT2D eigenvalue weighted by atomic mass is 32.2. The normalized spacial score (nSPS) is 19.9. The van der Waals surface area contributed by atoms with Gasteiger partial charge < -0.3 is 10.2 Å². The number of para-hydroxylation sites is 1. The molecule has 0 aromatic heterocycles. The summed E-state index contributed by atoms with van der Waals surface area (Å²) in [6.45, 7) is 3.40. The molecule has 5 nitrogen and oxygen atoms in total. The molecule has 3 rings (SSSR count). The maximum absolute atomic E-state index is 12.2. The Labute approximate surface area is 139 Å². The van der Waals surface area contributed by atoms with E-state index in [0.717, 1.165) is 36.7 Å². The smallest absolute Gasteiger partial charge is 0.286 e. The van der Waals surface area contributed by atoms with Gasteiger partial charge in [-0.15, -0.1) is 0 Å². The van der Waals surface area contributed by atoms with Gasteiger partial charge in [0.05, 0.1) is 4.91 Å². The van der Waals surface area contributed by atoms with Crippen LogP contribution in [0.2, 0.25) is 0 Å². The Hall–Kier alpha value is -2.08. The van der Waals surface area contributed by atoms with Gasteiger partial charge >= 0.3 is 0 Å². The Kier molecular flexibility index (Phi) is 4.81. The number of hydrogen-bond acceptors (Lipinski definition) is 4. The molecule has 0 atom stereocenters. The summed E-state index contributed by atoms with van der Waals surface area (Å²) in [5.41, 5.74) is 1.51. The largest absolute Gasteiger partial charge is 0.351 e. The highest BCUT2D eigenvalue weighted by Gasteiger charge is 2.27. The average Bonchev–Trinajstić information content (AvgIpc) is 2.91. The molecule has 2 heterocycles. The van der Waals surface area contributed by atoms with E-state index >= 15 is 0 Å². The lowest BCUT2D eigenvalue weighted by Crippen LogP contribution is -2.33. The molecule has 2 aliphatic heterocycles. The van der Waals surface area contributed by atoms with Gasteiger partial charge in [-0.05, 0) is 48.7 Å². The Morgan fingerprint density at radius 3 is 2.74 bits per heavy atom. The van der Waals surface area contributed by atoms with Crippen LogP contribution in [0.25, 0.3) is 6.08 Å². The van der Waals surface area contributed by atoms with Crippen molar-refractivity contribution in [2.45, 2.75) is 26.2 Å². The monoisotopic (exact) mass is 329 g/mol. The Balaban J connectivity index is 1.79. The minimum absolute atomic E-state index is 0.133. The number of anilines is 1. The van der Waals surface area contributed by atoms with E-state index in [-0.39, 0.29) is 11.8 Å². The summed E-state index contributed by atoms with van der Waals surface area (Å²) in [7, 11) is 0. The highest BCUT2D eigenvalue weighted by Crippen LogP contribution is 2.32. The van der Waals surface area contributed by atoms with Crippen LogP contribution in [-0.2, 0) is 9.59 Å². The van der Waals surface area contributed by atoms with Crippen molar-refractivity contribution >= 4 is 40.5 Å². The number of nitrogens with one attached hydrogen (secondary N) is 1. The van der Waals surface area contributed by atoms with Crippen molar-refractivity contribution in [2.24, 2.45) is 4.99 Å². The van der Waals surface area contributed by atoms with Crippen molar-refractivity contribution in [3.05, 3.63) is 34.7 Å². The van der Waals surface area contributed by atoms with Gasteiger partial charge in [0.2, 0.25) is 5.91 Å². The van der Waals surface area contributed by atoms with Crippen molar-refractivity contribution in [1.82, 2.24) is 4.90 Å². The van der Waals surface area contributed by atoms with Crippen molar-refractivity contribution in [3.8, 4) is 0 Å². The van der Waals surface area contributed by atoms with Crippen LogP contribution in [0.15, 0.2) is 34.2 Å². The van der Waals surface area contributed by atoms with Crippen molar-refractivity contribution in [3.63, 3.8) is 0 Å². The molecule has 1 fully saturated rings. The van der Waals surface area contributed by atoms with Gasteiger partial charge in [0, 0.05) is 25.7 Å². The molecule has 2 amide bonds. The van der Waals surface area contributed by atoms with E-state index < -0.39 is 0 Å². The minimum Gasteiger partial charge on any atom is -0.351 e. The van der Waals surface area contributed by atoms with E-state index in [2.05, 4.69) is 15.2 Å². The predicted octanol–water partition coefficient (Wildman–Crippen LogP) is 3.10. The third-order valence-electron chi connectivity index (χ3n) is 3.79. The summed E-state index contributed by atoms with van der Waals surface area (Å²) < 4.78 is 0. The number of nitrogens with zero attached hydrogens (tertiary/aromatic N) is 2. The summed E-state index contributed by atoms with van der Waals surface area (Å²) in [6.07, 6.45) is 5.35. The number of hydrogen-bond donors (Lipinski definition) is 1. The fraction of sp³-hybridized carbons (Fsp3) is 0.353. The van der Waals surface area contributed by atoms with E-state index in [9.17, 15) is 9.59 Å². The molecule has 0 saturated carbocycles. The van der Waals surface area contributed by atoms with Crippen LogP contribution < -0.4 is 5.32 Å². The van der Waals surface area contributed by atoms with Gasteiger partial charge in [0.15, 0.2) is 5.17 Å². The predicted molar refractivity (Wildman–Crippen MR) is 94.2 cm³/mol. The van der Waals surface area contributed by atoms with Gasteiger partial charge in [-0.25, -0.2) is 0 Å². The van der Waals surface area contributed by atoms with E-state index in [1.165, 1.54) is 25.1 Å². The maximum atomic E-state index is 12.2. The lowest BCUT2D eigenvalue weighted by Gasteiger charge is -2.27. The number of rotatable bonds is 2. The number of amides is 2. The number of piperidine rings is 1. The molecule has 120 valence electrons. The minimum atomic E-state index is -0.201. The molecule has 0 unspecified atom stereocenters. The van der Waals surface area contributed by atoms with Crippen molar-refractivity contribution in [1.29, 1.82) is 0 Å². The standard InChI is InChI=1S/C17H19N3O2S/c1-12(21)18-14-8-4-3-7-13(14)11-15-16(22)19-17(23-15)20-9-5-2-6-10-20/h3-4,7-8,11H,2,5-6,9-10H2,1H3,(H,18,21)/b15-11-. The first-order chi connectivity index (χ1) is 11.1. The number of aliphatic imine (C=N–C) groups is 1. The van der Waals surface area contributed by atoms with Crippen LogP contribution in [-0.4, -0.2) is 35.0 Å². The Morgan fingerprint density at radius 1 is 1.26 bits per heavy atom. The maximum Gasteiger partial charge on any atom is 0.286 e. The van der Waals surface area contributed by atoms with E-state index in [1.807, 2.05) is 24.3 Å². The van der Waals surface area contributed by atoms with Crippen LogP contribution in [0, 0.1) is 0 Å². The lowest BCUT2D eigenvalue weighted by molar-refractivity contribution is -0.114. The fourth-order valence-electron chi connectivity index (χ4n) is 2.69. The molecule has 2 aliphatic rings. The van der Waals surface area contributed by atoms with Crippen LogP contribution in [0.5, 0.6) is 0 Å². The third-order valence-corrected chi connectivity index (χ3v) is 4.84. The number of benzene rings is 1. The molecule has 0 bridgehead atoms. The zero-order valence-electron chi connectivity index (χ0n) is 13.0. The van der Waals surface area contributed by atoms with Crippen LogP contribution >= 0.6 is 11.8 Å². The molecule has 1 aromatic rings. The van der Waals surface area contributed by atoms with Gasteiger partial charge in [-0.2, -0.15) is 4.99 Å². The van der Waals surface area contributed by atoms with Gasteiger partial charge in [0.25, 0.3) is 5.91 Å². The first-order valence-electron chi connectivity index (χ1n) is 7.77. The van der Waals surface area contributed by atoms with E-state index in [0.29, 0.717) is 10.6 Å². The molecule has 0 radical (unpaired) electrons. The zero-order chi connectivity index (χ0) is 16.2. The molecular weight excluding hydrogens is 310 g/mol. The van der Waals surface area contributed by atoms with Gasteiger partial charge in [0.1, 0.15) is 0 Å². The summed E-state index contributed by atoms with van der Waals surface area (Å²) in [4.78, 5) is 30.4. The summed E-state index contributed by atoms with van der Waals surface area (Å²) in [5.74, 6) is -0.334. The SMILES string of the molecule is CC(=O)Nc1ccccc1/C=C1\SC(N2CCCCC2)=NC1=O. The highest BCUT2D eigenvalue weighted by molar-refractivity contribution is 8.18. The first-order valence-corrected chi connectivity index (χ1v) is 8.59. The molecule has 1 aromatic carbocycles. The quantitative estimate of drug-likeness (QED) is 0.847. The van der Waals surface area contributed by atoms with Crippen LogP contribution in [0.3, 0.4) is 0 Å². The lowest BCUT2D eigenvalue weighted by atomic mass is 10.1. The summed E-state index contributed by atoms with van der Waals surface area (Å²) >= 11 is 1.42. The van der Waals surface area contributed by atoms with Crippen LogP contribution in [0.1, 0.15) is 31.7 Å². The molecular formula is C17H19N3O2S. The third kappa shape index (κ3) is 3.82. The van der Waals surface area contributed by atoms with Crippen molar-refractivity contribution in [2.75, 3.05) is 18.4 Å². The molecule has 23 heavy (non-hydrogen) atoms. The van der Waals surface area contributed by atoms with Crippen molar-refractivity contribution < 1.29 is 9.59 Å². The second-order valence-electron chi connectivity index (χ2n) is 5.63. The van der Waals surface area contributed by atoms with E-state index in [1.54, 1.807) is 6.08 Å². The Bertz CT molecular complexity index is 691. The molecule has 6 heteroatoms.